The van der Waals surface area contributed by atoms with E-state index >= 15 is 9.59 Å². The number of rotatable bonds is 21. The number of alkyl carbamates (subject to hydrolysis) is 2. The van der Waals surface area contributed by atoms with Crippen LogP contribution >= 0.6 is 0 Å². The Morgan fingerprint density at radius 3 is 2.07 bits per heavy atom. The van der Waals surface area contributed by atoms with Gasteiger partial charge < -0.3 is 39.8 Å². The molecule has 0 fully saturated rings. The van der Waals surface area contributed by atoms with E-state index in [-0.39, 0.29) is 68.7 Å². The number of hydrogen-bond acceptors (Lipinski definition) is 14. The number of aromatic nitrogens is 2. The molecule has 19 heteroatoms. The van der Waals surface area contributed by atoms with Crippen LogP contribution in [0, 0.1) is 37.0 Å². The lowest BCUT2D eigenvalue weighted by Crippen LogP contribution is -2.46. The number of likely N-dealkylation sites (N-methyl/N-ethyl adjacent to an activating group) is 1. The summed E-state index contributed by atoms with van der Waals surface area (Å²) in [6.45, 7) is 25.2. The molecule has 1 aliphatic heterocycles. The summed E-state index contributed by atoms with van der Waals surface area (Å²) >= 11 is 0. The zero-order valence-electron chi connectivity index (χ0n) is 49.8. The lowest BCUT2D eigenvalue weighted by molar-refractivity contribution is -0.142. The van der Waals surface area contributed by atoms with Gasteiger partial charge in [0.1, 0.15) is 29.7 Å². The fourth-order valence-electron chi connectivity index (χ4n) is 9.28. The van der Waals surface area contributed by atoms with Crippen LogP contribution in [0.5, 0.6) is 11.5 Å². The van der Waals surface area contributed by atoms with Crippen molar-refractivity contribution in [1.82, 2.24) is 30.8 Å². The van der Waals surface area contributed by atoms with Gasteiger partial charge in [-0.2, -0.15) is 5.26 Å². The molecular weight excluding hydrogens is 1050 g/mol. The molecule has 5 rings (SSSR count). The molecule has 0 radical (unpaired) electrons. The second-order valence-electron chi connectivity index (χ2n) is 24.1. The molecule has 3 N–H and O–H groups in total. The lowest BCUT2D eigenvalue weighted by Gasteiger charge is -2.32. The minimum atomic E-state index is -1.59. The highest BCUT2D eigenvalue weighted by molar-refractivity contribution is 6.76. The molecule has 0 spiro atoms. The van der Waals surface area contributed by atoms with E-state index in [1.54, 1.807) is 77.9 Å². The Balaban J connectivity index is 1.62. The average molecular weight is 1130 g/mol. The van der Waals surface area contributed by atoms with Gasteiger partial charge in [0.2, 0.25) is 11.8 Å². The Morgan fingerprint density at radius 1 is 0.840 bits per heavy atom. The van der Waals surface area contributed by atoms with Gasteiger partial charge in [-0.05, 0) is 99.9 Å². The standard InChI is InChI=1S/C62H83N7O11Si/c1-15-28-77-53-25-21-43-35-47(53)46-33-41(18-24-52(46)78-29-27-64-60(76)80-62(8,9)10)34-48(49(70)17-16-26-63)68-57(73)38(2)32-51(72)55(43)69(11)58(74)44(37-65-59(75)79-30-31-81(12,13)14)36-50(71)54-39(3)66-56(67-40(54)4)42-19-22-45(23-20-42)61(5,6)7/h18-25,33,35,38,44,48,55H,15-17,27-32,34,36-37H2,1-14H3,(H,64,76)(H,65,75)(H,68,73)/t38-,44+,48+,55+/m1/s1. The molecule has 2 heterocycles. The van der Waals surface area contributed by atoms with Gasteiger partial charge in [-0.15, -0.1) is 0 Å². The van der Waals surface area contributed by atoms with Crippen LogP contribution in [0.4, 0.5) is 9.59 Å². The van der Waals surface area contributed by atoms with Crippen molar-refractivity contribution in [3.8, 4) is 40.1 Å². The van der Waals surface area contributed by atoms with E-state index in [0.29, 0.717) is 70.0 Å². The van der Waals surface area contributed by atoms with Crippen LogP contribution in [0.25, 0.3) is 22.5 Å². The predicted molar refractivity (Wildman–Crippen MR) is 313 cm³/mol. The molecule has 0 unspecified atom stereocenters. The van der Waals surface area contributed by atoms with Crippen LogP contribution in [0.2, 0.25) is 25.7 Å². The van der Waals surface area contributed by atoms with Gasteiger partial charge in [-0.1, -0.05) is 90.7 Å². The van der Waals surface area contributed by atoms with Crippen molar-refractivity contribution in [3.63, 3.8) is 0 Å². The SMILES string of the molecule is CCCOc1ccc2cc1-c1cc(ccc1OCCNC(=O)OC(C)(C)C)C[C@@H](C(=O)CCC#N)NC(=O)[C@H](C)CC(=O)[C@H]2N(C)C(=O)[C@H](CNC(=O)OCC[Si](C)(C)C)CC(=O)c1c(C)nc(-c2ccc(C(C)(C)C)cc2)nc1C. The predicted octanol–water partition coefficient (Wildman–Crippen LogP) is 10.4. The van der Waals surface area contributed by atoms with Crippen molar-refractivity contribution in [2.45, 2.75) is 157 Å². The maximum atomic E-state index is 15.4. The normalized spacial score (nSPS) is 16.1. The van der Waals surface area contributed by atoms with Crippen molar-refractivity contribution in [2.24, 2.45) is 11.8 Å². The van der Waals surface area contributed by atoms with Crippen molar-refractivity contribution >= 4 is 49.4 Å². The van der Waals surface area contributed by atoms with E-state index in [9.17, 15) is 29.2 Å². The molecule has 4 amide bonds. The topological polar surface area (TPSA) is 245 Å². The third-order valence-electron chi connectivity index (χ3n) is 13.7. The van der Waals surface area contributed by atoms with Gasteiger partial charge in [0.25, 0.3) is 0 Å². The van der Waals surface area contributed by atoms with Gasteiger partial charge in [0.05, 0.1) is 54.7 Å². The molecule has 1 aliphatic rings. The lowest BCUT2D eigenvalue weighted by atomic mass is 9.86. The van der Waals surface area contributed by atoms with Crippen LogP contribution in [0.1, 0.15) is 132 Å². The summed E-state index contributed by atoms with van der Waals surface area (Å²) in [5.74, 6) is -3.72. The summed E-state index contributed by atoms with van der Waals surface area (Å²) in [4.78, 5) is 110. The first-order valence-corrected chi connectivity index (χ1v) is 31.6. The molecule has 18 nitrogen and oxygen atoms in total. The molecule has 4 atom stereocenters. The smallest absolute Gasteiger partial charge is 0.407 e. The van der Waals surface area contributed by atoms with Gasteiger partial charge in [-0.3, -0.25) is 24.0 Å². The number of Topliss-reactive ketones (excluding diaryl/α,β-unsaturated/α-hetero) is 3. The number of benzene rings is 3. The first-order valence-electron chi connectivity index (χ1n) is 27.9. The molecule has 4 bridgehead atoms. The molecule has 0 aliphatic carbocycles. The van der Waals surface area contributed by atoms with E-state index < -0.39 is 79.6 Å². The number of carbonyl (C=O) groups excluding carboxylic acids is 7. The molecule has 0 saturated carbocycles. The summed E-state index contributed by atoms with van der Waals surface area (Å²) in [6.07, 6.45) is -1.73. The van der Waals surface area contributed by atoms with E-state index in [2.05, 4.69) is 56.4 Å². The fourth-order valence-corrected chi connectivity index (χ4v) is 9.99. The van der Waals surface area contributed by atoms with E-state index in [4.69, 9.17) is 28.9 Å². The van der Waals surface area contributed by atoms with Crippen molar-refractivity contribution in [2.75, 3.05) is 40.0 Å². The Morgan fingerprint density at radius 2 is 1.47 bits per heavy atom. The number of ketones is 3. The minimum Gasteiger partial charge on any atom is -0.493 e. The van der Waals surface area contributed by atoms with Crippen LogP contribution < -0.4 is 25.4 Å². The number of ether oxygens (including phenoxy) is 4. The molecule has 436 valence electrons. The highest BCUT2D eigenvalue weighted by Crippen LogP contribution is 2.41. The largest absolute Gasteiger partial charge is 0.493 e. The summed E-state index contributed by atoms with van der Waals surface area (Å²) < 4.78 is 23.7. The van der Waals surface area contributed by atoms with Crippen LogP contribution in [0.3, 0.4) is 0 Å². The molecule has 0 saturated heterocycles. The molecular formula is C62H83N7O11Si. The molecule has 4 aromatic rings. The Bertz CT molecular complexity index is 2950. The van der Waals surface area contributed by atoms with Gasteiger partial charge in [0, 0.05) is 70.0 Å². The monoisotopic (exact) mass is 1130 g/mol. The third-order valence-corrected chi connectivity index (χ3v) is 15.4. The van der Waals surface area contributed by atoms with E-state index in [1.807, 2.05) is 37.3 Å². The number of fused-ring (bicyclic) bond motifs is 5. The van der Waals surface area contributed by atoms with Crippen molar-refractivity contribution in [3.05, 3.63) is 94.3 Å². The Kier molecular flexibility index (Phi) is 22.5. The van der Waals surface area contributed by atoms with Crippen molar-refractivity contribution in [1.29, 1.82) is 5.26 Å². The van der Waals surface area contributed by atoms with Gasteiger partial charge in [-0.25, -0.2) is 19.6 Å². The third kappa shape index (κ3) is 18.8. The van der Waals surface area contributed by atoms with E-state index in [0.717, 1.165) is 11.1 Å². The highest BCUT2D eigenvalue weighted by Gasteiger charge is 2.37. The zero-order chi connectivity index (χ0) is 60.0. The molecule has 1 aromatic heterocycles. The number of nitrogens with one attached hydrogen (secondary N) is 3. The summed E-state index contributed by atoms with van der Waals surface area (Å²) in [5, 5.41) is 17.7. The van der Waals surface area contributed by atoms with Gasteiger partial charge in [0.15, 0.2) is 23.2 Å². The number of amides is 4. The first-order chi connectivity index (χ1) is 38.0. The summed E-state index contributed by atoms with van der Waals surface area (Å²) in [5.41, 5.74) is 4.00. The highest BCUT2D eigenvalue weighted by atomic mass is 28.3. The van der Waals surface area contributed by atoms with Gasteiger partial charge >= 0.3 is 12.2 Å². The summed E-state index contributed by atoms with van der Waals surface area (Å²) in [6, 6.07) is 18.5. The Hall–Kier alpha value is -7.46. The summed E-state index contributed by atoms with van der Waals surface area (Å²) in [7, 11) is -0.150. The first kappa shape index (κ1) is 64.4. The zero-order valence-corrected chi connectivity index (χ0v) is 50.8. The molecule has 3 aromatic carbocycles. The second-order valence-corrected chi connectivity index (χ2v) is 29.7. The second kappa shape index (κ2) is 28.3. The number of carbonyl (C=O) groups is 7. The number of nitrogens with zero attached hydrogens (tertiary/aromatic N) is 4. The van der Waals surface area contributed by atoms with Crippen LogP contribution in [0.15, 0.2) is 60.7 Å². The average Bonchev–Trinajstić information content (AvgIpc) is 3.43. The van der Waals surface area contributed by atoms with Crippen LogP contribution in [-0.2, 0) is 40.5 Å². The maximum absolute atomic E-state index is 15.4. The maximum Gasteiger partial charge on any atom is 0.407 e. The van der Waals surface area contributed by atoms with Crippen LogP contribution in [-0.4, -0.2) is 116 Å². The Labute approximate surface area is 478 Å². The number of hydrogen-bond donors (Lipinski definition) is 3. The number of nitriles is 1. The minimum absolute atomic E-state index is 0.00122. The van der Waals surface area contributed by atoms with E-state index in [1.165, 1.54) is 11.9 Å². The van der Waals surface area contributed by atoms with Crippen molar-refractivity contribution < 1.29 is 52.5 Å². The number of aryl methyl sites for hydroxylation is 2. The quantitative estimate of drug-likeness (QED) is 0.0399. The molecule has 81 heavy (non-hydrogen) atoms. The fraction of sp³-hybridized carbons (Fsp3) is 0.516.